The zero-order chi connectivity index (χ0) is 18.0. The van der Waals surface area contributed by atoms with Gasteiger partial charge in [-0.05, 0) is 18.6 Å². The van der Waals surface area contributed by atoms with Crippen molar-refractivity contribution in [1.29, 1.82) is 0 Å². The van der Waals surface area contributed by atoms with E-state index in [0.717, 1.165) is 22.0 Å². The smallest absolute Gasteiger partial charge is 0.352 e. The van der Waals surface area contributed by atoms with Crippen LogP contribution < -0.4 is 5.32 Å². The minimum Gasteiger partial charge on any atom is -0.477 e. The summed E-state index contributed by atoms with van der Waals surface area (Å²) in [4.78, 5) is 12.1. The predicted octanol–water partition coefficient (Wildman–Crippen LogP) is 4.19. The Morgan fingerprint density at radius 1 is 1.12 bits per heavy atom. The van der Waals surface area contributed by atoms with E-state index in [4.69, 9.17) is 0 Å². The number of carbonyl (C=O) groups is 1. The molecule has 0 aliphatic carbocycles. The van der Waals surface area contributed by atoms with E-state index in [2.05, 4.69) is 43.4 Å². The van der Waals surface area contributed by atoms with Crippen LogP contribution in [0.1, 0.15) is 41.0 Å². The summed E-state index contributed by atoms with van der Waals surface area (Å²) in [5.74, 6) is -0.885. The normalized spacial score (nSPS) is 11.4. The Bertz CT molecular complexity index is 892. The fraction of sp³-hybridized carbons (Fsp3) is 0.286. The Hall–Kier alpha value is -2.59. The average molecular weight is 336 g/mol. The van der Waals surface area contributed by atoms with Crippen molar-refractivity contribution in [3.8, 4) is 0 Å². The van der Waals surface area contributed by atoms with E-state index in [1.165, 1.54) is 5.56 Å². The number of nitrogens with one attached hydrogen (secondary N) is 1. The summed E-state index contributed by atoms with van der Waals surface area (Å²) in [7, 11) is 0. The number of hydrogen-bond acceptors (Lipinski definition) is 2. The molecule has 0 spiro atoms. The molecule has 130 valence electrons. The molecule has 0 unspecified atom stereocenters. The lowest BCUT2D eigenvalue weighted by Gasteiger charge is -2.11. The fourth-order valence-electron chi connectivity index (χ4n) is 3.15. The van der Waals surface area contributed by atoms with Crippen molar-refractivity contribution in [2.24, 2.45) is 0 Å². The molecule has 0 radical (unpaired) electrons. The summed E-state index contributed by atoms with van der Waals surface area (Å²) in [6, 6.07) is 16.4. The van der Waals surface area contributed by atoms with E-state index in [-0.39, 0.29) is 0 Å². The number of fused-ring (bicyclic) bond motifs is 1. The lowest BCUT2D eigenvalue weighted by atomic mass is 10.1. The molecule has 4 heteroatoms. The number of rotatable bonds is 6. The summed E-state index contributed by atoms with van der Waals surface area (Å²) in [5.41, 5.74) is 4.47. The highest BCUT2D eigenvalue weighted by molar-refractivity contribution is 5.98. The molecular weight excluding hydrogens is 312 g/mol. The van der Waals surface area contributed by atoms with Crippen LogP contribution in [0.15, 0.2) is 48.5 Å². The van der Waals surface area contributed by atoms with E-state index in [9.17, 15) is 9.90 Å². The van der Waals surface area contributed by atoms with E-state index < -0.39 is 5.97 Å². The molecule has 0 aliphatic rings. The molecule has 0 aliphatic heterocycles. The van der Waals surface area contributed by atoms with E-state index >= 15 is 0 Å². The van der Waals surface area contributed by atoms with Gasteiger partial charge in [0.2, 0.25) is 0 Å². The molecule has 0 saturated carbocycles. The van der Waals surface area contributed by atoms with Crippen molar-refractivity contribution in [3.63, 3.8) is 0 Å². The van der Waals surface area contributed by atoms with Gasteiger partial charge in [-0.25, -0.2) is 4.79 Å². The molecule has 0 fully saturated rings. The lowest BCUT2D eigenvalue weighted by Crippen LogP contribution is -2.23. The minimum absolute atomic E-state index is 0.292. The van der Waals surface area contributed by atoms with Crippen LogP contribution in [-0.4, -0.2) is 21.7 Å². The first-order valence-electron chi connectivity index (χ1n) is 8.59. The molecular formula is C21H24N2O2. The molecule has 1 aromatic heterocycles. The van der Waals surface area contributed by atoms with Crippen LogP contribution in [0.5, 0.6) is 0 Å². The molecule has 2 aromatic carbocycles. The molecule has 3 rings (SSSR count). The van der Waals surface area contributed by atoms with Crippen molar-refractivity contribution < 1.29 is 9.90 Å². The number of carboxylic acids is 1. The van der Waals surface area contributed by atoms with Gasteiger partial charge in [-0.15, -0.1) is 0 Å². The van der Waals surface area contributed by atoms with Gasteiger partial charge in [-0.1, -0.05) is 61.9 Å². The van der Waals surface area contributed by atoms with Gasteiger partial charge in [0.05, 0.1) is 0 Å². The zero-order valence-electron chi connectivity index (χ0n) is 14.9. The fourth-order valence-corrected chi connectivity index (χ4v) is 3.15. The number of hydrogen-bond donors (Lipinski definition) is 2. The summed E-state index contributed by atoms with van der Waals surface area (Å²) in [6.45, 7) is 7.26. The largest absolute Gasteiger partial charge is 0.477 e. The van der Waals surface area contributed by atoms with E-state index in [1.807, 2.05) is 35.8 Å². The van der Waals surface area contributed by atoms with Gasteiger partial charge in [-0.2, -0.15) is 0 Å². The van der Waals surface area contributed by atoms with Crippen molar-refractivity contribution in [3.05, 3.63) is 70.9 Å². The second kappa shape index (κ2) is 7.11. The maximum atomic E-state index is 12.1. The lowest BCUT2D eigenvalue weighted by molar-refractivity contribution is 0.0684. The number of nitrogens with zero attached hydrogens (tertiary/aromatic N) is 1. The Morgan fingerprint density at radius 2 is 1.80 bits per heavy atom. The minimum atomic E-state index is -0.885. The zero-order valence-corrected chi connectivity index (χ0v) is 14.9. The third-order valence-corrected chi connectivity index (χ3v) is 4.43. The first kappa shape index (κ1) is 17.2. The van der Waals surface area contributed by atoms with Crippen molar-refractivity contribution in [2.45, 2.75) is 39.9 Å². The van der Waals surface area contributed by atoms with Crippen LogP contribution in [-0.2, 0) is 13.1 Å². The van der Waals surface area contributed by atoms with Crippen LogP contribution in [0.3, 0.4) is 0 Å². The van der Waals surface area contributed by atoms with Crippen LogP contribution in [0.25, 0.3) is 10.9 Å². The van der Waals surface area contributed by atoms with Gasteiger partial charge < -0.3 is 15.0 Å². The Kier molecular flexibility index (Phi) is 4.91. The standard InChI is InChI=1S/C21H24N2O2/c1-14(2)22-12-18-17-6-4-5-7-19(17)23(20(18)21(24)25)13-16-10-8-15(3)9-11-16/h4-11,14,22H,12-13H2,1-3H3,(H,24,25). The Morgan fingerprint density at radius 3 is 2.44 bits per heavy atom. The van der Waals surface area contributed by atoms with Crippen molar-refractivity contribution in [2.75, 3.05) is 0 Å². The van der Waals surface area contributed by atoms with Crippen molar-refractivity contribution in [1.82, 2.24) is 9.88 Å². The maximum absolute atomic E-state index is 12.1. The molecule has 0 saturated heterocycles. The monoisotopic (exact) mass is 336 g/mol. The Balaban J connectivity index is 2.13. The molecule has 0 atom stereocenters. The maximum Gasteiger partial charge on any atom is 0.352 e. The third kappa shape index (κ3) is 3.59. The van der Waals surface area contributed by atoms with Gasteiger partial charge in [0.25, 0.3) is 0 Å². The molecule has 2 N–H and O–H groups in total. The molecule has 0 amide bonds. The first-order valence-corrected chi connectivity index (χ1v) is 8.59. The van der Waals surface area contributed by atoms with Gasteiger partial charge in [0.1, 0.15) is 5.69 Å². The number of aryl methyl sites for hydroxylation is 1. The third-order valence-electron chi connectivity index (χ3n) is 4.43. The second-order valence-electron chi connectivity index (χ2n) is 6.76. The highest BCUT2D eigenvalue weighted by Gasteiger charge is 2.22. The average Bonchev–Trinajstić information content (AvgIpc) is 2.89. The number of carboxylic acid groups (broad SMARTS) is 1. The first-order chi connectivity index (χ1) is 12.0. The van der Waals surface area contributed by atoms with Gasteiger partial charge in [0.15, 0.2) is 0 Å². The summed E-state index contributed by atoms with van der Waals surface area (Å²) < 4.78 is 1.92. The molecule has 3 aromatic rings. The summed E-state index contributed by atoms with van der Waals surface area (Å²) >= 11 is 0. The quantitative estimate of drug-likeness (QED) is 0.709. The van der Waals surface area contributed by atoms with Gasteiger partial charge in [0, 0.05) is 35.6 Å². The van der Waals surface area contributed by atoms with Crippen molar-refractivity contribution >= 4 is 16.9 Å². The number of para-hydroxylation sites is 1. The number of benzene rings is 2. The van der Waals surface area contributed by atoms with Crippen LogP contribution >= 0.6 is 0 Å². The number of aromatic nitrogens is 1. The summed E-state index contributed by atoms with van der Waals surface area (Å²) in [5, 5.41) is 14.2. The topological polar surface area (TPSA) is 54.3 Å². The number of aromatic carboxylic acids is 1. The molecule has 4 nitrogen and oxygen atoms in total. The van der Waals surface area contributed by atoms with Gasteiger partial charge >= 0.3 is 5.97 Å². The van der Waals surface area contributed by atoms with Gasteiger partial charge in [-0.3, -0.25) is 0 Å². The summed E-state index contributed by atoms with van der Waals surface area (Å²) in [6.07, 6.45) is 0. The van der Waals surface area contributed by atoms with Crippen LogP contribution in [0, 0.1) is 6.92 Å². The molecule has 0 bridgehead atoms. The molecule has 25 heavy (non-hydrogen) atoms. The predicted molar refractivity (Wildman–Crippen MR) is 101 cm³/mol. The van der Waals surface area contributed by atoms with E-state index in [1.54, 1.807) is 0 Å². The Labute approximate surface area is 148 Å². The van der Waals surface area contributed by atoms with E-state index in [0.29, 0.717) is 24.8 Å². The SMILES string of the molecule is Cc1ccc(Cn2c(C(=O)O)c(CNC(C)C)c3ccccc32)cc1. The molecule has 1 heterocycles. The highest BCUT2D eigenvalue weighted by Crippen LogP contribution is 2.27. The highest BCUT2D eigenvalue weighted by atomic mass is 16.4. The van der Waals surface area contributed by atoms with Crippen LogP contribution in [0.4, 0.5) is 0 Å². The van der Waals surface area contributed by atoms with Crippen LogP contribution in [0.2, 0.25) is 0 Å². The second-order valence-corrected chi connectivity index (χ2v) is 6.76.